The van der Waals surface area contributed by atoms with Gasteiger partial charge in [0.05, 0.1) is 6.20 Å². The molecule has 1 N–H and O–H groups in total. The van der Waals surface area contributed by atoms with Crippen LogP contribution >= 0.6 is 0 Å². The molecule has 2 aliphatic rings. The lowest BCUT2D eigenvalue weighted by molar-refractivity contribution is 0.287. The summed E-state index contributed by atoms with van der Waals surface area (Å²) in [6.45, 7) is 5.56. The monoisotopic (exact) mass is 205 g/mol. The molecule has 0 bridgehead atoms. The van der Waals surface area contributed by atoms with E-state index in [1.54, 1.807) is 5.69 Å². The number of fused-ring (bicyclic) bond motifs is 2. The van der Waals surface area contributed by atoms with Crippen LogP contribution in [-0.4, -0.2) is 22.9 Å². The summed E-state index contributed by atoms with van der Waals surface area (Å²) in [5, 5.41) is 7.97. The maximum absolute atomic E-state index is 4.50. The minimum absolute atomic E-state index is 0.465. The number of hydrogen-bond acceptors (Lipinski definition) is 2. The molecule has 0 saturated carbocycles. The van der Waals surface area contributed by atoms with Crippen LogP contribution in [0.2, 0.25) is 0 Å². The summed E-state index contributed by atoms with van der Waals surface area (Å²) in [6, 6.07) is 0. The van der Waals surface area contributed by atoms with Crippen molar-refractivity contribution in [3.8, 4) is 0 Å². The Kier molecular flexibility index (Phi) is 2.09. The Labute approximate surface area is 90.9 Å². The number of aryl methyl sites for hydroxylation is 2. The molecule has 0 aromatic carbocycles. The number of nitrogens with one attached hydrogen (secondary N) is 1. The first-order valence-corrected chi connectivity index (χ1v) is 6.12. The normalized spacial score (nSPS) is 23.3. The summed E-state index contributed by atoms with van der Waals surface area (Å²) >= 11 is 0. The molecule has 3 heteroatoms. The molecule has 1 aromatic rings. The highest BCUT2D eigenvalue weighted by atomic mass is 15.3. The summed E-state index contributed by atoms with van der Waals surface area (Å²) in [7, 11) is 0. The van der Waals surface area contributed by atoms with Gasteiger partial charge in [0, 0.05) is 17.7 Å². The van der Waals surface area contributed by atoms with Crippen molar-refractivity contribution in [3.63, 3.8) is 0 Å². The average Bonchev–Trinajstić information content (AvgIpc) is 2.83. The van der Waals surface area contributed by atoms with E-state index < -0.39 is 0 Å². The van der Waals surface area contributed by atoms with E-state index in [0.717, 1.165) is 6.54 Å². The third-order valence-corrected chi connectivity index (χ3v) is 4.15. The molecule has 82 valence electrons. The number of rotatable bonds is 1. The zero-order chi connectivity index (χ0) is 10.3. The van der Waals surface area contributed by atoms with Gasteiger partial charge in [-0.15, -0.1) is 0 Å². The first-order chi connectivity index (χ1) is 7.36. The fraction of sp³-hybridized carbons (Fsp3) is 0.750. The highest BCUT2D eigenvalue weighted by Crippen LogP contribution is 2.44. The van der Waals surface area contributed by atoms with Gasteiger partial charge in [0.2, 0.25) is 0 Å². The maximum Gasteiger partial charge on any atom is 0.0524 e. The fourth-order valence-corrected chi connectivity index (χ4v) is 3.35. The minimum atomic E-state index is 0.465. The van der Waals surface area contributed by atoms with Crippen molar-refractivity contribution in [3.05, 3.63) is 17.5 Å². The molecule has 1 aromatic heterocycles. The number of nitrogens with zero attached hydrogens (tertiary/aromatic N) is 2. The van der Waals surface area contributed by atoms with Crippen LogP contribution in [0.3, 0.4) is 0 Å². The topological polar surface area (TPSA) is 29.9 Å². The summed E-state index contributed by atoms with van der Waals surface area (Å²) in [5.41, 5.74) is 3.54. The first kappa shape index (κ1) is 9.40. The van der Waals surface area contributed by atoms with Crippen molar-refractivity contribution in [2.24, 2.45) is 0 Å². The predicted molar refractivity (Wildman–Crippen MR) is 60.0 cm³/mol. The predicted octanol–water partition coefficient (Wildman–Crippen LogP) is 1.47. The fourth-order valence-electron chi connectivity index (χ4n) is 3.35. The number of hydrogen-bond donors (Lipinski definition) is 1. The van der Waals surface area contributed by atoms with Crippen molar-refractivity contribution in [1.82, 2.24) is 15.1 Å². The van der Waals surface area contributed by atoms with Gasteiger partial charge in [0.1, 0.15) is 0 Å². The Morgan fingerprint density at radius 1 is 1.40 bits per heavy atom. The second-order valence-electron chi connectivity index (χ2n) is 4.86. The molecule has 0 radical (unpaired) electrons. The molecule has 3 nitrogen and oxygen atoms in total. The third-order valence-electron chi connectivity index (χ3n) is 4.15. The second kappa shape index (κ2) is 3.34. The van der Waals surface area contributed by atoms with E-state index in [-0.39, 0.29) is 0 Å². The van der Waals surface area contributed by atoms with Gasteiger partial charge < -0.3 is 5.32 Å². The van der Waals surface area contributed by atoms with E-state index in [9.17, 15) is 0 Å². The Morgan fingerprint density at radius 2 is 2.20 bits per heavy atom. The molecular formula is C12H19N3. The second-order valence-corrected chi connectivity index (χ2v) is 4.86. The highest BCUT2D eigenvalue weighted by Gasteiger charge is 2.42. The molecule has 1 spiro atoms. The summed E-state index contributed by atoms with van der Waals surface area (Å²) in [5.74, 6) is 0. The summed E-state index contributed by atoms with van der Waals surface area (Å²) < 4.78 is 2.23. The lowest BCUT2D eigenvalue weighted by Crippen LogP contribution is -2.39. The molecule has 3 rings (SSSR count). The lowest BCUT2D eigenvalue weighted by atomic mass is 9.76. The maximum atomic E-state index is 4.50. The van der Waals surface area contributed by atoms with Crippen LogP contribution in [0.4, 0.5) is 0 Å². The third kappa shape index (κ3) is 1.26. The van der Waals surface area contributed by atoms with Gasteiger partial charge in [-0.25, -0.2) is 0 Å². The molecule has 2 heterocycles. The zero-order valence-corrected chi connectivity index (χ0v) is 9.42. The Hall–Kier alpha value is -0.830. The quantitative estimate of drug-likeness (QED) is 0.752. The Balaban J connectivity index is 2.04. The van der Waals surface area contributed by atoms with E-state index >= 15 is 0 Å². The van der Waals surface area contributed by atoms with Crippen LogP contribution in [0.5, 0.6) is 0 Å². The molecule has 0 amide bonds. The van der Waals surface area contributed by atoms with E-state index in [0.29, 0.717) is 5.41 Å². The first-order valence-electron chi connectivity index (χ1n) is 6.12. The summed E-state index contributed by atoms with van der Waals surface area (Å²) in [6.07, 6.45) is 7.28. The van der Waals surface area contributed by atoms with Gasteiger partial charge in [-0.1, -0.05) is 0 Å². The van der Waals surface area contributed by atoms with E-state index in [2.05, 4.69) is 28.2 Å². The molecular weight excluding hydrogens is 186 g/mol. The Morgan fingerprint density at radius 3 is 2.93 bits per heavy atom. The van der Waals surface area contributed by atoms with Crippen molar-refractivity contribution < 1.29 is 0 Å². The smallest absolute Gasteiger partial charge is 0.0524 e. The van der Waals surface area contributed by atoms with Crippen LogP contribution < -0.4 is 5.32 Å². The van der Waals surface area contributed by atoms with Crippen molar-refractivity contribution in [1.29, 1.82) is 0 Å². The molecule has 1 saturated heterocycles. The van der Waals surface area contributed by atoms with Gasteiger partial charge in [-0.05, 0) is 51.3 Å². The molecule has 1 aliphatic heterocycles. The number of piperidine rings is 1. The van der Waals surface area contributed by atoms with Crippen molar-refractivity contribution in [2.45, 2.75) is 44.6 Å². The van der Waals surface area contributed by atoms with E-state index in [1.165, 1.54) is 44.3 Å². The molecule has 1 aliphatic carbocycles. The Bertz CT molecular complexity index is 361. The number of aromatic nitrogens is 2. The molecule has 0 unspecified atom stereocenters. The largest absolute Gasteiger partial charge is 0.317 e. The van der Waals surface area contributed by atoms with Gasteiger partial charge in [-0.2, -0.15) is 5.10 Å². The molecule has 1 fully saturated rings. The van der Waals surface area contributed by atoms with E-state index in [1.807, 2.05) is 0 Å². The van der Waals surface area contributed by atoms with Crippen LogP contribution in [-0.2, 0) is 18.4 Å². The zero-order valence-electron chi connectivity index (χ0n) is 9.42. The van der Waals surface area contributed by atoms with Gasteiger partial charge >= 0.3 is 0 Å². The SMILES string of the molecule is CCn1ncc2c1C1(CCNCC1)CC2. The molecule has 0 atom stereocenters. The van der Waals surface area contributed by atoms with Crippen molar-refractivity contribution in [2.75, 3.05) is 13.1 Å². The van der Waals surface area contributed by atoms with Crippen LogP contribution in [0.25, 0.3) is 0 Å². The average molecular weight is 205 g/mol. The lowest BCUT2D eigenvalue weighted by Gasteiger charge is -2.35. The molecule has 15 heavy (non-hydrogen) atoms. The van der Waals surface area contributed by atoms with Crippen molar-refractivity contribution >= 4 is 0 Å². The van der Waals surface area contributed by atoms with Gasteiger partial charge in [0.25, 0.3) is 0 Å². The van der Waals surface area contributed by atoms with Gasteiger partial charge in [0.15, 0.2) is 0 Å². The van der Waals surface area contributed by atoms with Crippen LogP contribution in [0.1, 0.15) is 37.4 Å². The minimum Gasteiger partial charge on any atom is -0.317 e. The van der Waals surface area contributed by atoms with Crippen LogP contribution in [0.15, 0.2) is 6.20 Å². The highest BCUT2D eigenvalue weighted by molar-refractivity contribution is 5.33. The van der Waals surface area contributed by atoms with Gasteiger partial charge in [-0.3, -0.25) is 4.68 Å². The van der Waals surface area contributed by atoms with E-state index in [4.69, 9.17) is 0 Å². The summed E-state index contributed by atoms with van der Waals surface area (Å²) in [4.78, 5) is 0. The standard InChI is InChI=1S/C12H19N3/c1-2-15-11-10(9-14-15)3-4-12(11)5-7-13-8-6-12/h9,13H,2-8H2,1H3. The van der Waals surface area contributed by atoms with Crippen LogP contribution in [0, 0.1) is 0 Å².